The van der Waals surface area contributed by atoms with Crippen molar-refractivity contribution in [1.29, 1.82) is 0 Å². The summed E-state index contributed by atoms with van der Waals surface area (Å²) in [5.74, 6) is -4.48. The molecule has 172 valence electrons. The smallest absolute Gasteiger partial charge is 0.756 e. The van der Waals surface area contributed by atoms with Crippen LogP contribution in [-0.2, 0) is 31.6 Å². The molecule has 0 bridgehead atoms. The first-order valence-electron chi connectivity index (χ1n) is 7.23. The number of rotatable bonds is 8. The zero-order valence-electron chi connectivity index (χ0n) is 17.0. The van der Waals surface area contributed by atoms with Gasteiger partial charge in [0, 0.05) is 6.20 Å². The molecule has 0 radical (unpaired) electrons. The molecule has 0 aromatic carbocycles. The second-order valence-corrected chi connectivity index (χ2v) is 9.80. The average Bonchev–Trinajstić information content (AvgIpc) is 2.73. The Kier molecular flexibility index (Phi) is 15.3. The zero-order chi connectivity index (χ0) is 23.1. The van der Waals surface area contributed by atoms with E-state index in [1.54, 1.807) is 0 Å². The minimum absolute atomic E-state index is 0. The number of phosphoric ester groups is 1. The van der Waals surface area contributed by atoms with Crippen LogP contribution < -0.4 is 115 Å². The van der Waals surface area contributed by atoms with Crippen molar-refractivity contribution in [3.05, 3.63) is 22.7 Å². The van der Waals surface area contributed by atoms with Gasteiger partial charge in [-0.1, -0.05) is 0 Å². The van der Waals surface area contributed by atoms with Crippen LogP contribution in [0.3, 0.4) is 0 Å². The van der Waals surface area contributed by atoms with Crippen molar-refractivity contribution < 1.29 is 154 Å². The van der Waals surface area contributed by atoms with Crippen molar-refractivity contribution in [2.75, 3.05) is 12.3 Å². The summed E-state index contributed by atoms with van der Waals surface area (Å²) in [5, 5.41) is 9.68. The summed E-state index contributed by atoms with van der Waals surface area (Å²) in [5.41, 5.74) is 3.93. The zero-order valence-corrected chi connectivity index (χ0v) is 25.7. The number of aliphatic hydroxyl groups excluding tert-OH is 1. The Bertz CT molecular complexity index is 1010. The summed E-state index contributed by atoms with van der Waals surface area (Å²) in [4.78, 5) is 56.0. The molecule has 1 aromatic rings. The number of halogens is 2. The molecule has 1 fully saturated rings. The SMILES string of the molecule is Nc1ccn([C@@H]2O[C@H](COP(=O)([O-])OP(=O)([O-])OP(=O)([O-])O)[C@H](O)C2(F)F)c(=O)n1.[Na+].[Na+].[Na+]. The molecule has 0 spiro atoms. The van der Waals surface area contributed by atoms with Crippen LogP contribution in [-0.4, -0.2) is 44.3 Å². The molecule has 0 saturated carbocycles. The molecular formula is C9H11F2N3Na3O13P3. The van der Waals surface area contributed by atoms with Gasteiger partial charge in [0.25, 0.3) is 23.5 Å². The molecule has 24 heteroatoms. The van der Waals surface area contributed by atoms with E-state index in [2.05, 4.69) is 18.1 Å². The fourth-order valence-electron chi connectivity index (χ4n) is 2.16. The summed E-state index contributed by atoms with van der Waals surface area (Å²) in [6, 6.07) is 0.957. The third-order valence-electron chi connectivity index (χ3n) is 3.28. The van der Waals surface area contributed by atoms with Gasteiger partial charge in [-0.25, -0.2) is 13.4 Å². The van der Waals surface area contributed by atoms with Crippen molar-refractivity contribution in [2.24, 2.45) is 0 Å². The number of alkyl halides is 2. The van der Waals surface area contributed by atoms with Gasteiger partial charge in [0.2, 0.25) is 6.23 Å². The van der Waals surface area contributed by atoms with Gasteiger partial charge in [-0.3, -0.25) is 18.3 Å². The first-order chi connectivity index (χ1) is 13.4. The Hall–Kier alpha value is 1.87. The number of hydrogen-bond acceptors (Lipinski definition) is 14. The summed E-state index contributed by atoms with van der Waals surface area (Å²) < 4.78 is 76.7. The van der Waals surface area contributed by atoms with Crippen molar-refractivity contribution in [2.45, 2.75) is 24.4 Å². The number of hydrogen-bond donors (Lipinski definition) is 3. The van der Waals surface area contributed by atoms with Gasteiger partial charge in [-0.2, -0.15) is 13.8 Å². The van der Waals surface area contributed by atoms with E-state index in [9.17, 15) is 47.1 Å². The largest absolute Gasteiger partial charge is 1.00 e. The molecule has 6 atom stereocenters. The molecule has 1 aliphatic heterocycles. The molecule has 1 aromatic heterocycles. The van der Waals surface area contributed by atoms with E-state index >= 15 is 0 Å². The van der Waals surface area contributed by atoms with Crippen LogP contribution in [0.25, 0.3) is 0 Å². The number of phosphoric acid groups is 3. The van der Waals surface area contributed by atoms with Crippen LogP contribution in [0, 0.1) is 0 Å². The molecular weight excluding hydrogens is 558 g/mol. The molecule has 2 rings (SSSR count). The van der Waals surface area contributed by atoms with E-state index < -0.39 is 60.1 Å². The fraction of sp³-hybridized carbons (Fsp3) is 0.556. The maximum atomic E-state index is 14.3. The molecule has 0 amide bonds. The van der Waals surface area contributed by atoms with Gasteiger partial charge in [0.1, 0.15) is 11.9 Å². The van der Waals surface area contributed by atoms with Gasteiger partial charge in [-0.05, 0) is 6.07 Å². The number of nitrogens with two attached hydrogens (primary N) is 1. The minimum Gasteiger partial charge on any atom is -0.756 e. The molecule has 4 N–H and O–H groups in total. The molecule has 0 aliphatic carbocycles. The normalized spacial score (nSPS) is 26.9. The maximum Gasteiger partial charge on any atom is 1.00 e. The summed E-state index contributed by atoms with van der Waals surface area (Å²) in [7, 11) is -18.2. The Labute approximate surface area is 249 Å². The number of aromatic nitrogens is 2. The van der Waals surface area contributed by atoms with Crippen molar-refractivity contribution in [3.63, 3.8) is 0 Å². The second kappa shape index (κ2) is 13.6. The summed E-state index contributed by atoms with van der Waals surface area (Å²) >= 11 is 0. The predicted molar refractivity (Wildman–Crippen MR) is 80.9 cm³/mol. The van der Waals surface area contributed by atoms with Gasteiger partial charge in [-0.15, -0.1) is 0 Å². The van der Waals surface area contributed by atoms with Gasteiger partial charge in [0.15, 0.2) is 6.10 Å². The second-order valence-electron chi connectivity index (χ2n) is 5.51. The van der Waals surface area contributed by atoms with Gasteiger partial charge in [0.05, 0.1) is 6.61 Å². The number of nitrogens with zero attached hydrogens (tertiary/aromatic N) is 2. The first-order valence-corrected chi connectivity index (χ1v) is 11.6. The number of anilines is 1. The Morgan fingerprint density at radius 2 is 1.73 bits per heavy atom. The van der Waals surface area contributed by atoms with E-state index in [0.717, 1.165) is 12.3 Å². The standard InChI is InChI=1S/C9H14F2N3O13P3.3Na/c10-9(11)6(15)4(25-7(9)14-2-1-5(12)13-8(14)16)3-24-29(20,21)27-30(22,23)26-28(17,18)19;;;/h1-2,4,6-7,15H,3H2,(H,20,21)(H,22,23)(H2,12,13,16)(H2,17,18,19);;;/q;3*+1/p-3/t4-,6+,7-;;;/m1.../s1. The monoisotopic (exact) mass is 569 g/mol. The van der Waals surface area contributed by atoms with Crippen LogP contribution in [0.15, 0.2) is 17.1 Å². The van der Waals surface area contributed by atoms with E-state index in [1.165, 1.54) is 0 Å². The van der Waals surface area contributed by atoms with Crippen molar-refractivity contribution in [1.82, 2.24) is 9.55 Å². The third-order valence-corrected chi connectivity index (χ3v) is 6.97. The van der Waals surface area contributed by atoms with Crippen LogP contribution in [0.5, 0.6) is 0 Å². The quantitative estimate of drug-likeness (QED) is 0.194. The molecule has 33 heavy (non-hydrogen) atoms. The van der Waals surface area contributed by atoms with Crippen molar-refractivity contribution >= 4 is 29.3 Å². The maximum absolute atomic E-state index is 14.3. The van der Waals surface area contributed by atoms with E-state index in [1.807, 2.05) is 0 Å². The summed E-state index contributed by atoms with van der Waals surface area (Å²) in [6.07, 6.45) is -6.59. The first kappa shape index (κ1) is 37.0. The number of ether oxygens (including phenoxy) is 1. The van der Waals surface area contributed by atoms with Crippen LogP contribution in [0.1, 0.15) is 6.23 Å². The van der Waals surface area contributed by atoms with E-state index in [0.29, 0.717) is 0 Å². The van der Waals surface area contributed by atoms with Crippen LogP contribution in [0.2, 0.25) is 0 Å². The Balaban J connectivity index is 0. The molecule has 1 aliphatic rings. The fourth-order valence-corrected chi connectivity index (χ4v) is 5.06. The number of nitrogen functional groups attached to an aromatic ring is 1. The van der Waals surface area contributed by atoms with Crippen LogP contribution >= 0.6 is 23.5 Å². The molecule has 1 saturated heterocycles. The van der Waals surface area contributed by atoms with E-state index in [4.69, 9.17) is 15.4 Å². The third kappa shape index (κ3) is 10.6. The summed E-state index contributed by atoms with van der Waals surface area (Å²) in [6.45, 7) is -1.46. The molecule has 3 unspecified atom stereocenters. The average molecular weight is 569 g/mol. The number of aliphatic hydroxyl groups is 1. The minimum atomic E-state index is -6.20. The predicted octanol–water partition coefficient (Wildman–Crippen LogP) is -11.8. The van der Waals surface area contributed by atoms with E-state index in [-0.39, 0.29) is 99.1 Å². The van der Waals surface area contributed by atoms with Gasteiger partial charge < -0.3 is 39.7 Å². The topological polar surface area (TPSA) is 259 Å². The molecule has 2 heterocycles. The van der Waals surface area contributed by atoms with Gasteiger partial charge >= 0.3 is 100 Å². The Morgan fingerprint density at radius 3 is 2.21 bits per heavy atom. The van der Waals surface area contributed by atoms with Crippen molar-refractivity contribution in [3.8, 4) is 0 Å². The van der Waals surface area contributed by atoms with Crippen LogP contribution in [0.4, 0.5) is 14.6 Å². The Morgan fingerprint density at radius 1 is 1.18 bits per heavy atom. The molecule has 16 nitrogen and oxygen atoms in total.